The van der Waals surface area contributed by atoms with Crippen LogP contribution in [-0.2, 0) is 0 Å². The highest BCUT2D eigenvalue weighted by molar-refractivity contribution is 8.69. The van der Waals surface area contributed by atoms with Gasteiger partial charge in [-0.25, -0.2) is 4.98 Å². The van der Waals surface area contributed by atoms with Crippen LogP contribution >= 0.6 is 22.5 Å². The first-order valence-electron chi connectivity index (χ1n) is 4.42. The zero-order chi connectivity index (χ0) is 10.9. The standard InChI is InChI=1S/C9H11N3OS2/c1-9(2,15-14)13-8-6-5-11-12-7(6)3-4-10-8/h3-5,14H,1-2H3,(H,11,12). The molecular formula is C9H11N3OS2. The molecule has 15 heavy (non-hydrogen) atoms. The molecular weight excluding hydrogens is 230 g/mol. The van der Waals surface area contributed by atoms with Crippen LogP contribution in [0.1, 0.15) is 13.8 Å². The number of H-pyrrole nitrogens is 1. The van der Waals surface area contributed by atoms with Crippen molar-refractivity contribution in [3.8, 4) is 5.88 Å². The molecule has 0 bridgehead atoms. The van der Waals surface area contributed by atoms with Crippen LogP contribution < -0.4 is 4.74 Å². The van der Waals surface area contributed by atoms with Crippen molar-refractivity contribution in [3.63, 3.8) is 0 Å². The van der Waals surface area contributed by atoms with Gasteiger partial charge in [-0.2, -0.15) is 5.10 Å². The van der Waals surface area contributed by atoms with Gasteiger partial charge in [0.2, 0.25) is 5.88 Å². The molecule has 2 heterocycles. The molecule has 80 valence electrons. The van der Waals surface area contributed by atoms with Crippen LogP contribution in [0.3, 0.4) is 0 Å². The fourth-order valence-electron chi connectivity index (χ4n) is 1.18. The summed E-state index contributed by atoms with van der Waals surface area (Å²) in [5.74, 6) is 0.577. The van der Waals surface area contributed by atoms with Crippen LogP contribution in [0, 0.1) is 0 Å². The summed E-state index contributed by atoms with van der Waals surface area (Å²) in [6, 6.07) is 1.86. The van der Waals surface area contributed by atoms with E-state index in [0.29, 0.717) is 5.88 Å². The number of hydrogen-bond acceptors (Lipinski definition) is 5. The Morgan fingerprint density at radius 1 is 1.53 bits per heavy atom. The van der Waals surface area contributed by atoms with E-state index in [-0.39, 0.29) is 0 Å². The number of pyridine rings is 1. The Labute approximate surface area is 96.6 Å². The van der Waals surface area contributed by atoms with Gasteiger partial charge in [0, 0.05) is 6.20 Å². The zero-order valence-electron chi connectivity index (χ0n) is 8.39. The molecule has 4 nitrogen and oxygen atoms in total. The molecule has 1 N–H and O–H groups in total. The summed E-state index contributed by atoms with van der Waals surface area (Å²) < 4.78 is 5.74. The van der Waals surface area contributed by atoms with E-state index in [9.17, 15) is 0 Å². The summed E-state index contributed by atoms with van der Waals surface area (Å²) in [7, 11) is 1.33. The Hall–Kier alpha value is -0.880. The first-order chi connectivity index (χ1) is 7.12. The Bertz CT molecular complexity index is 469. The summed E-state index contributed by atoms with van der Waals surface area (Å²) in [5.41, 5.74) is 0.917. The number of aromatic nitrogens is 3. The molecule has 0 amide bonds. The molecule has 2 rings (SSSR count). The van der Waals surface area contributed by atoms with E-state index in [1.165, 1.54) is 10.8 Å². The van der Waals surface area contributed by atoms with Crippen molar-refractivity contribution in [2.45, 2.75) is 18.8 Å². The molecule has 0 aliphatic heterocycles. The maximum atomic E-state index is 5.74. The van der Waals surface area contributed by atoms with Crippen LogP contribution in [0.5, 0.6) is 5.88 Å². The van der Waals surface area contributed by atoms with Gasteiger partial charge in [0.05, 0.1) is 17.1 Å². The molecule has 0 atom stereocenters. The van der Waals surface area contributed by atoms with Crippen LogP contribution in [0.4, 0.5) is 0 Å². The molecule has 0 aliphatic rings. The minimum atomic E-state index is -0.415. The Kier molecular flexibility index (Phi) is 2.79. The van der Waals surface area contributed by atoms with Crippen LogP contribution in [0.25, 0.3) is 10.9 Å². The second-order valence-electron chi connectivity index (χ2n) is 3.54. The number of thiol groups is 1. The summed E-state index contributed by atoms with van der Waals surface area (Å²) in [6.45, 7) is 3.87. The molecule has 0 saturated heterocycles. The van der Waals surface area contributed by atoms with E-state index in [1.54, 1.807) is 12.4 Å². The quantitative estimate of drug-likeness (QED) is 0.493. The summed E-state index contributed by atoms with van der Waals surface area (Å²) in [6.07, 6.45) is 3.39. The average molecular weight is 241 g/mol. The van der Waals surface area contributed by atoms with Gasteiger partial charge in [0.15, 0.2) is 4.93 Å². The second-order valence-corrected chi connectivity index (χ2v) is 5.25. The maximum Gasteiger partial charge on any atom is 0.225 e. The van der Waals surface area contributed by atoms with E-state index in [2.05, 4.69) is 26.8 Å². The second kappa shape index (κ2) is 3.94. The van der Waals surface area contributed by atoms with Gasteiger partial charge >= 0.3 is 0 Å². The molecule has 2 aromatic heterocycles. The predicted molar refractivity (Wildman–Crippen MR) is 65.2 cm³/mol. The molecule has 2 aromatic rings. The lowest BCUT2D eigenvalue weighted by molar-refractivity contribution is 0.203. The van der Waals surface area contributed by atoms with Gasteiger partial charge in [-0.3, -0.25) is 5.10 Å². The average Bonchev–Trinajstić information content (AvgIpc) is 2.66. The van der Waals surface area contributed by atoms with Gasteiger partial charge in [-0.1, -0.05) is 0 Å². The minimum Gasteiger partial charge on any atom is -0.459 e. The number of ether oxygens (including phenoxy) is 1. The van der Waals surface area contributed by atoms with Gasteiger partial charge in [-0.15, -0.1) is 11.7 Å². The van der Waals surface area contributed by atoms with Gasteiger partial charge in [0.25, 0.3) is 0 Å². The lowest BCUT2D eigenvalue weighted by atomic mass is 10.3. The molecule has 0 spiro atoms. The highest BCUT2D eigenvalue weighted by Gasteiger charge is 2.20. The fraction of sp³-hybridized carbons (Fsp3) is 0.333. The molecule has 0 saturated carbocycles. The van der Waals surface area contributed by atoms with Gasteiger partial charge in [-0.05, 0) is 30.7 Å². The van der Waals surface area contributed by atoms with E-state index in [0.717, 1.165) is 10.9 Å². The lowest BCUT2D eigenvalue weighted by Crippen LogP contribution is -2.22. The smallest absolute Gasteiger partial charge is 0.225 e. The minimum absolute atomic E-state index is 0.415. The van der Waals surface area contributed by atoms with E-state index in [1.807, 2.05) is 19.9 Å². The predicted octanol–water partition coefficient (Wildman–Crippen LogP) is 2.65. The monoisotopic (exact) mass is 241 g/mol. The summed E-state index contributed by atoms with van der Waals surface area (Å²) in [5, 5.41) is 7.70. The molecule has 0 fully saturated rings. The topological polar surface area (TPSA) is 50.8 Å². The SMILES string of the molecule is CC(C)(Oc1nccc2[nH]ncc12)SS. The summed E-state index contributed by atoms with van der Waals surface area (Å²) >= 11 is 4.15. The number of rotatable bonds is 3. The van der Waals surface area contributed by atoms with Crippen LogP contribution in [0.2, 0.25) is 0 Å². The Morgan fingerprint density at radius 2 is 2.33 bits per heavy atom. The molecule has 6 heteroatoms. The zero-order valence-corrected chi connectivity index (χ0v) is 10.1. The number of nitrogens with zero attached hydrogens (tertiary/aromatic N) is 2. The largest absolute Gasteiger partial charge is 0.459 e. The van der Waals surface area contributed by atoms with E-state index < -0.39 is 4.93 Å². The third kappa shape index (κ3) is 2.21. The van der Waals surface area contributed by atoms with Crippen molar-refractivity contribution >= 4 is 33.4 Å². The summed E-state index contributed by atoms with van der Waals surface area (Å²) in [4.78, 5) is 3.77. The number of aromatic amines is 1. The Morgan fingerprint density at radius 3 is 3.07 bits per heavy atom. The van der Waals surface area contributed by atoms with E-state index in [4.69, 9.17) is 4.74 Å². The van der Waals surface area contributed by atoms with Gasteiger partial charge in [0.1, 0.15) is 0 Å². The molecule has 0 aliphatic carbocycles. The van der Waals surface area contributed by atoms with Crippen molar-refractivity contribution in [3.05, 3.63) is 18.5 Å². The van der Waals surface area contributed by atoms with E-state index >= 15 is 0 Å². The molecule has 0 aromatic carbocycles. The van der Waals surface area contributed by atoms with Crippen LogP contribution in [-0.4, -0.2) is 20.1 Å². The number of fused-ring (bicyclic) bond motifs is 1. The van der Waals surface area contributed by atoms with Crippen molar-refractivity contribution in [1.82, 2.24) is 15.2 Å². The highest BCUT2D eigenvalue weighted by atomic mass is 33.1. The lowest BCUT2D eigenvalue weighted by Gasteiger charge is -2.22. The third-order valence-electron chi connectivity index (χ3n) is 1.89. The van der Waals surface area contributed by atoms with Crippen molar-refractivity contribution < 1.29 is 4.74 Å². The van der Waals surface area contributed by atoms with Crippen molar-refractivity contribution in [1.29, 1.82) is 0 Å². The van der Waals surface area contributed by atoms with Gasteiger partial charge < -0.3 is 4.74 Å². The normalized spacial score (nSPS) is 11.9. The fourth-order valence-corrected chi connectivity index (χ4v) is 1.40. The third-order valence-corrected chi connectivity index (χ3v) is 3.74. The Balaban J connectivity index is 2.39. The first kappa shape index (κ1) is 10.6. The molecule has 0 radical (unpaired) electrons. The first-order valence-corrected chi connectivity index (χ1v) is 6.29. The molecule has 0 unspecified atom stereocenters. The highest BCUT2D eigenvalue weighted by Crippen LogP contribution is 2.32. The number of nitrogens with one attached hydrogen (secondary N) is 1. The maximum absolute atomic E-state index is 5.74. The van der Waals surface area contributed by atoms with Crippen LogP contribution in [0.15, 0.2) is 18.5 Å². The number of hydrogen-bond donors (Lipinski definition) is 2. The van der Waals surface area contributed by atoms with Crippen molar-refractivity contribution in [2.24, 2.45) is 0 Å². The van der Waals surface area contributed by atoms with Crippen molar-refractivity contribution in [2.75, 3.05) is 0 Å².